The van der Waals surface area contributed by atoms with E-state index in [0.29, 0.717) is 48.4 Å². The number of unbranched alkanes of at least 4 members (excludes halogenated alkanes) is 1. The molecule has 11 heteroatoms. The van der Waals surface area contributed by atoms with Crippen LogP contribution in [0.5, 0.6) is 0 Å². The van der Waals surface area contributed by atoms with Crippen molar-refractivity contribution in [2.75, 3.05) is 13.7 Å². The molecule has 34 heavy (non-hydrogen) atoms. The van der Waals surface area contributed by atoms with Crippen LogP contribution in [0.1, 0.15) is 44.1 Å². The van der Waals surface area contributed by atoms with Crippen molar-refractivity contribution in [1.82, 2.24) is 20.9 Å². The molecule has 0 fully saturated rings. The van der Waals surface area contributed by atoms with Gasteiger partial charge in [0.25, 0.3) is 0 Å². The number of hydrogen-bond acceptors (Lipinski definition) is 8. The molecular weight excluding hydrogens is 442 g/mol. The molecule has 2 unspecified atom stereocenters. The number of oxazole rings is 1. The minimum absolute atomic E-state index is 0.163. The van der Waals surface area contributed by atoms with Gasteiger partial charge in [-0.1, -0.05) is 12.1 Å². The van der Waals surface area contributed by atoms with Gasteiger partial charge in [0.2, 0.25) is 17.7 Å². The molecule has 0 spiro atoms. The number of fused-ring (bicyclic) bond motifs is 1. The maximum Gasteiger partial charge on any atom is 0.328 e. The first-order chi connectivity index (χ1) is 16.3. The number of nitrogens with zero attached hydrogens (tertiary/aromatic N) is 1. The lowest BCUT2D eigenvalue weighted by molar-refractivity contribution is -0.145. The van der Waals surface area contributed by atoms with E-state index in [-0.39, 0.29) is 25.2 Å². The van der Waals surface area contributed by atoms with Crippen LogP contribution in [0.2, 0.25) is 0 Å². The summed E-state index contributed by atoms with van der Waals surface area (Å²) in [5.41, 5.74) is 7.40. The van der Waals surface area contributed by atoms with Crippen LogP contribution < -0.4 is 21.7 Å². The molecule has 0 saturated carbocycles. The van der Waals surface area contributed by atoms with Gasteiger partial charge >= 0.3 is 5.97 Å². The Morgan fingerprint density at radius 3 is 2.74 bits per heavy atom. The van der Waals surface area contributed by atoms with Gasteiger partial charge < -0.3 is 30.8 Å². The van der Waals surface area contributed by atoms with E-state index in [0.717, 1.165) is 0 Å². The fourth-order valence-electron chi connectivity index (χ4n) is 3.96. The van der Waals surface area contributed by atoms with E-state index in [4.69, 9.17) is 14.9 Å². The maximum absolute atomic E-state index is 13.2. The van der Waals surface area contributed by atoms with Crippen molar-refractivity contribution in [2.24, 2.45) is 5.73 Å². The first-order valence-corrected chi connectivity index (χ1v) is 11.4. The number of ether oxygens (including phenoxy) is 1. The van der Waals surface area contributed by atoms with Crippen LogP contribution in [0.3, 0.4) is 0 Å². The molecule has 0 aliphatic carbocycles. The Kier molecular flexibility index (Phi) is 8.58. The summed E-state index contributed by atoms with van der Waals surface area (Å²) in [4.78, 5) is 55.0. The molecule has 3 atom stereocenters. The molecule has 0 radical (unpaired) electrons. The first kappa shape index (κ1) is 25.2. The van der Waals surface area contributed by atoms with Gasteiger partial charge in [0.15, 0.2) is 11.5 Å². The lowest BCUT2D eigenvalue weighted by Gasteiger charge is -2.25. The number of carbonyl (C=O) groups is 4. The molecular formula is C23H31N5O6. The minimum Gasteiger partial charge on any atom is -0.467 e. The topological polar surface area (TPSA) is 166 Å². The molecule has 2 aromatic rings. The number of nitrogens with two attached hydrogens (primary N) is 1. The molecule has 2 heterocycles. The summed E-state index contributed by atoms with van der Waals surface area (Å²) >= 11 is 0. The molecule has 5 N–H and O–H groups in total. The van der Waals surface area contributed by atoms with Crippen LogP contribution in [0, 0.1) is 0 Å². The highest BCUT2D eigenvalue weighted by Crippen LogP contribution is 2.22. The van der Waals surface area contributed by atoms with E-state index in [2.05, 4.69) is 20.9 Å². The second-order valence-electron chi connectivity index (χ2n) is 8.30. The van der Waals surface area contributed by atoms with Crippen LogP contribution >= 0.6 is 0 Å². The smallest absolute Gasteiger partial charge is 0.328 e. The fourth-order valence-corrected chi connectivity index (χ4v) is 3.96. The zero-order valence-electron chi connectivity index (χ0n) is 19.4. The number of esters is 1. The van der Waals surface area contributed by atoms with Gasteiger partial charge in [-0.05, 0) is 43.9 Å². The summed E-state index contributed by atoms with van der Waals surface area (Å²) in [6.45, 7) is 1.77. The number of nitrogens with one attached hydrogen (secondary N) is 3. The monoisotopic (exact) mass is 473 g/mol. The van der Waals surface area contributed by atoms with E-state index in [9.17, 15) is 19.2 Å². The Balaban J connectivity index is 2.00. The SMILES string of the molecule is COC(=O)C1CCc2nc3c(cccc3o2)C[C@H](NC(C)=O)C(=O)NC(CCCCN)C(=O)N1. The summed E-state index contributed by atoms with van der Waals surface area (Å²) in [5.74, 6) is -1.64. The molecule has 1 aliphatic heterocycles. The van der Waals surface area contributed by atoms with Gasteiger partial charge in [0.1, 0.15) is 23.6 Å². The van der Waals surface area contributed by atoms with Crippen molar-refractivity contribution < 1.29 is 28.3 Å². The summed E-state index contributed by atoms with van der Waals surface area (Å²) in [6.07, 6.45) is 2.25. The molecule has 1 aromatic carbocycles. The third-order valence-electron chi connectivity index (χ3n) is 5.69. The summed E-state index contributed by atoms with van der Waals surface area (Å²) in [7, 11) is 1.24. The van der Waals surface area contributed by atoms with Crippen LogP contribution in [0.4, 0.5) is 0 Å². The van der Waals surface area contributed by atoms with Crippen molar-refractivity contribution in [2.45, 2.75) is 63.6 Å². The number of carbonyl (C=O) groups excluding carboxylic acids is 4. The fraction of sp³-hybridized carbons (Fsp3) is 0.522. The molecule has 3 rings (SSSR count). The average molecular weight is 474 g/mol. The van der Waals surface area contributed by atoms with Crippen LogP contribution in [-0.4, -0.2) is 60.5 Å². The zero-order valence-corrected chi connectivity index (χ0v) is 19.4. The predicted octanol–water partition coefficient (Wildman–Crippen LogP) is 0.0928. The molecule has 1 aliphatic rings. The predicted molar refractivity (Wildman–Crippen MR) is 122 cm³/mol. The Labute approximate surface area is 197 Å². The number of hydrogen-bond donors (Lipinski definition) is 4. The number of amides is 3. The normalized spacial score (nSPS) is 21.4. The number of para-hydroxylation sites is 1. The third-order valence-corrected chi connectivity index (χ3v) is 5.69. The van der Waals surface area contributed by atoms with Crippen LogP contribution in [0.25, 0.3) is 11.1 Å². The molecule has 0 saturated heterocycles. The number of aromatic nitrogens is 1. The standard InChI is InChI=1S/C23H31N5O6/c1-13(29)25-17-12-14-6-5-8-18-20(14)28-19(34-18)10-9-16(23(32)33-2)27-21(30)15(26-22(17)31)7-3-4-11-24/h5-6,8,15-17H,3-4,7,9-12,24H2,1-2H3,(H,25,29)(H,26,31)(H,27,30)/t15?,16?,17-/m0/s1. The largest absolute Gasteiger partial charge is 0.467 e. The van der Waals surface area contributed by atoms with Crippen LogP contribution in [0.15, 0.2) is 22.6 Å². The van der Waals surface area contributed by atoms with Crippen molar-refractivity contribution in [1.29, 1.82) is 0 Å². The Morgan fingerprint density at radius 2 is 2.03 bits per heavy atom. The van der Waals surface area contributed by atoms with E-state index in [1.54, 1.807) is 12.1 Å². The minimum atomic E-state index is -0.949. The van der Waals surface area contributed by atoms with Gasteiger partial charge in [0.05, 0.1) is 7.11 Å². The number of rotatable bonds is 6. The highest BCUT2D eigenvalue weighted by Gasteiger charge is 2.31. The quantitative estimate of drug-likeness (QED) is 0.338. The summed E-state index contributed by atoms with van der Waals surface area (Å²) in [5, 5.41) is 8.08. The van der Waals surface area contributed by atoms with E-state index >= 15 is 0 Å². The number of aryl methyl sites for hydroxylation is 1. The number of benzene rings is 1. The van der Waals surface area contributed by atoms with Gasteiger partial charge in [-0.3, -0.25) is 14.4 Å². The first-order valence-electron chi connectivity index (χ1n) is 11.4. The third kappa shape index (κ3) is 6.31. The van der Waals surface area contributed by atoms with Crippen molar-refractivity contribution in [3.63, 3.8) is 0 Å². The maximum atomic E-state index is 13.2. The Morgan fingerprint density at radius 1 is 1.24 bits per heavy atom. The van der Waals surface area contributed by atoms with E-state index in [1.165, 1.54) is 14.0 Å². The molecule has 2 bridgehead atoms. The van der Waals surface area contributed by atoms with Crippen molar-refractivity contribution in [3.05, 3.63) is 29.7 Å². The highest BCUT2D eigenvalue weighted by molar-refractivity contribution is 5.93. The molecule has 11 nitrogen and oxygen atoms in total. The Bertz CT molecular complexity index is 1050. The van der Waals surface area contributed by atoms with E-state index in [1.807, 2.05) is 6.07 Å². The van der Waals surface area contributed by atoms with Gasteiger partial charge in [-0.25, -0.2) is 9.78 Å². The second kappa shape index (κ2) is 11.6. The summed E-state index contributed by atoms with van der Waals surface area (Å²) in [6, 6.07) is 2.55. The van der Waals surface area contributed by atoms with Crippen LogP contribution in [-0.2, 0) is 36.8 Å². The Hall–Kier alpha value is -3.47. The van der Waals surface area contributed by atoms with Gasteiger partial charge in [-0.15, -0.1) is 0 Å². The number of methoxy groups -OCH3 is 1. The molecule has 1 aromatic heterocycles. The molecule has 184 valence electrons. The summed E-state index contributed by atoms with van der Waals surface area (Å²) < 4.78 is 10.7. The van der Waals surface area contributed by atoms with Crippen molar-refractivity contribution in [3.8, 4) is 0 Å². The lowest BCUT2D eigenvalue weighted by atomic mass is 10.0. The second-order valence-corrected chi connectivity index (χ2v) is 8.30. The molecule has 3 amide bonds. The van der Waals surface area contributed by atoms with Crippen molar-refractivity contribution >= 4 is 34.8 Å². The van der Waals surface area contributed by atoms with Gasteiger partial charge in [-0.2, -0.15) is 0 Å². The lowest BCUT2D eigenvalue weighted by Crippen LogP contribution is -2.56. The highest BCUT2D eigenvalue weighted by atomic mass is 16.5. The van der Waals surface area contributed by atoms with Gasteiger partial charge in [0, 0.05) is 19.8 Å². The average Bonchev–Trinajstić information content (AvgIpc) is 3.23. The van der Waals surface area contributed by atoms with E-state index < -0.39 is 35.9 Å². The zero-order chi connectivity index (χ0) is 24.7.